The summed E-state index contributed by atoms with van der Waals surface area (Å²) in [5, 5.41) is 12.9. The summed E-state index contributed by atoms with van der Waals surface area (Å²) in [6, 6.07) is 8.63. The first kappa shape index (κ1) is 13.7. The van der Waals surface area contributed by atoms with Crippen LogP contribution in [0.15, 0.2) is 42.7 Å². The molecule has 3 rings (SSSR count). The van der Waals surface area contributed by atoms with Gasteiger partial charge in [0.1, 0.15) is 0 Å². The van der Waals surface area contributed by atoms with Gasteiger partial charge >= 0.3 is 0 Å². The maximum Gasteiger partial charge on any atom is 0.276 e. The quantitative estimate of drug-likeness (QED) is 0.689. The molecule has 1 aromatic carbocycles. The van der Waals surface area contributed by atoms with Gasteiger partial charge in [-0.15, -0.1) is 0 Å². The van der Waals surface area contributed by atoms with Gasteiger partial charge in [-0.2, -0.15) is 5.10 Å². The number of H-pyrrole nitrogens is 1. The fourth-order valence-corrected chi connectivity index (χ4v) is 2.10. The zero-order valence-corrected chi connectivity index (χ0v) is 11.8. The number of anilines is 2. The van der Waals surface area contributed by atoms with E-state index in [0.717, 1.165) is 5.52 Å². The van der Waals surface area contributed by atoms with E-state index >= 15 is 0 Å². The molecule has 0 bridgehead atoms. The Bertz CT molecular complexity index is 856. The van der Waals surface area contributed by atoms with Crippen molar-refractivity contribution in [2.75, 3.05) is 10.6 Å². The van der Waals surface area contributed by atoms with E-state index in [9.17, 15) is 9.59 Å². The van der Waals surface area contributed by atoms with E-state index < -0.39 is 0 Å². The lowest BCUT2D eigenvalue weighted by Gasteiger charge is -2.06. The summed E-state index contributed by atoms with van der Waals surface area (Å²) in [7, 11) is 0. The summed E-state index contributed by atoms with van der Waals surface area (Å²) in [4.78, 5) is 27.4. The molecular formula is C15H13N5O2. The number of aromatic amines is 1. The second-order valence-corrected chi connectivity index (χ2v) is 4.71. The molecule has 0 saturated heterocycles. The number of pyridine rings is 1. The van der Waals surface area contributed by atoms with Crippen molar-refractivity contribution in [3.8, 4) is 0 Å². The number of nitrogens with zero attached hydrogens (tertiary/aromatic N) is 2. The zero-order chi connectivity index (χ0) is 15.5. The van der Waals surface area contributed by atoms with Gasteiger partial charge in [0.15, 0.2) is 5.69 Å². The summed E-state index contributed by atoms with van der Waals surface area (Å²) in [6.07, 6.45) is 3.21. The molecule has 0 saturated carbocycles. The minimum atomic E-state index is -0.348. The van der Waals surface area contributed by atoms with Crippen LogP contribution in [0.5, 0.6) is 0 Å². The van der Waals surface area contributed by atoms with Gasteiger partial charge in [-0.1, -0.05) is 6.07 Å². The molecular weight excluding hydrogens is 282 g/mol. The van der Waals surface area contributed by atoms with Gasteiger partial charge in [-0.25, -0.2) is 0 Å². The number of rotatable bonds is 3. The number of fused-ring (bicyclic) bond motifs is 1. The molecule has 2 heterocycles. The van der Waals surface area contributed by atoms with Gasteiger partial charge in [-0.3, -0.25) is 19.7 Å². The number of amides is 2. The molecule has 110 valence electrons. The Hall–Kier alpha value is -3.22. The smallest absolute Gasteiger partial charge is 0.276 e. The number of benzene rings is 1. The van der Waals surface area contributed by atoms with Crippen molar-refractivity contribution in [1.82, 2.24) is 15.2 Å². The molecule has 0 aliphatic heterocycles. The summed E-state index contributed by atoms with van der Waals surface area (Å²) >= 11 is 0. The average molecular weight is 295 g/mol. The van der Waals surface area contributed by atoms with Crippen molar-refractivity contribution in [3.05, 3.63) is 48.4 Å². The van der Waals surface area contributed by atoms with Crippen LogP contribution in [0.4, 0.5) is 11.4 Å². The topological polar surface area (TPSA) is 99.8 Å². The Balaban J connectivity index is 1.84. The number of hydrogen-bond donors (Lipinski definition) is 3. The number of hydrogen-bond acceptors (Lipinski definition) is 4. The second kappa shape index (κ2) is 5.65. The Kier molecular flexibility index (Phi) is 3.53. The first-order valence-corrected chi connectivity index (χ1v) is 6.60. The molecule has 2 aromatic heterocycles. The van der Waals surface area contributed by atoms with E-state index in [1.165, 1.54) is 6.92 Å². The van der Waals surface area contributed by atoms with Gasteiger partial charge in [0.05, 0.1) is 10.9 Å². The van der Waals surface area contributed by atoms with E-state index in [0.29, 0.717) is 16.8 Å². The van der Waals surface area contributed by atoms with Crippen LogP contribution < -0.4 is 10.6 Å². The zero-order valence-electron chi connectivity index (χ0n) is 11.8. The number of nitrogens with one attached hydrogen (secondary N) is 3. The standard InChI is InChI=1S/C15H13N5O2/c1-9(21)17-10-3-2-4-11(7-10)18-15(22)14-12-8-16-6-5-13(12)19-20-14/h2-8H,1H3,(H,17,21)(H,18,22)(H,19,20). The number of carbonyl (C=O) groups excluding carboxylic acids is 2. The lowest BCUT2D eigenvalue weighted by atomic mass is 10.2. The van der Waals surface area contributed by atoms with Gasteiger partial charge in [-0.05, 0) is 24.3 Å². The molecule has 2 amide bonds. The van der Waals surface area contributed by atoms with Crippen molar-refractivity contribution in [3.63, 3.8) is 0 Å². The highest BCUT2D eigenvalue weighted by molar-refractivity contribution is 6.11. The maximum absolute atomic E-state index is 12.3. The molecule has 7 heteroatoms. The fraction of sp³-hybridized carbons (Fsp3) is 0.0667. The van der Waals surface area contributed by atoms with Gasteiger partial charge in [0, 0.05) is 30.7 Å². The first-order chi connectivity index (χ1) is 10.6. The highest BCUT2D eigenvalue weighted by Crippen LogP contribution is 2.18. The van der Waals surface area contributed by atoms with Crippen LogP contribution in [-0.2, 0) is 4.79 Å². The van der Waals surface area contributed by atoms with E-state index in [-0.39, 0.29) is 17.5 Å². The Morgan fingerprint density at radius 1 is 1.14 bits per heavy atom. The highest BCUT2D eigenvalue weighted by Gasteiger charge is 2.14. The molecule has 3 N–H and O–H groups in total. The van der Waals surface area contributed by atoms with Crippen LogP contribution in [0.3, 0.4) is 0 Å². The number of aromatic nitrogens is 3. The minimum Gasteiger partial charge on any atom is -0.326 e. The molecule has 0 unspecified atom stereocenters. The predicted molar refractivity (Wildman–Crippen MR) is 82.6 cm³/mol. The van der Waals surface area contributed by atoms with E-state index in [2.05, 4.69) is 25.8 Å². The van der Waals surface area contributed by atoms with Crippen LogP contribution >= 0.6 is 0 Å². The number of carbonyl (C=O) groups is 2. The SMILES string of the molecule is CC(=O)Nc1cccc(NC(=O)c2n[nH]c3ccncc23)c1. The summed E-state index contributed by atoms with van der Waals surface area (Å²) in [5.74, 6) is -0.521. The van der Waals surface area contributed by atoms with Crippen molar-refractivity contribution >= 4 is 34.1 Å². The monoisotopic (exact) mass is 295 g/mol. The lowest BCUT2D eigenvalue weighted by molar-refractivity contribution is -0.114. The molecule has 0 atom stereocenters. The van der Waals surface area contributed by atoms with Crippen LogP contribution in [0.2, 0.25) is 0 Å². The minimum absolute atomic E-state index is 0.173. The van der Waals surface area contributed by atoms with Crippen molar-refractivity contribution in [1.29, 1.82) is 0 Å². The molecule has 0 radical (unpaired) electrons. The van der Waals surface area contributed by atoms with Crippen LogP contribution in [0.25, 0.3) is 10.9 Å². The highest BCUT2D eigenvalue weighted by atomic mass is 16.2. The molecule has 7 nitrogen and oxygen atoms in total. The van der Waals surface area contributed by atoms with Gasteiger partial charge < -0.3 is 10.6 Å². The van der Waals surface area contributed by atoms with Gasteiger partial charge in [0.25, 0.3) is 5.91 Å². The van der Waals surface area contributed by atoms with Crippen molar-refractivity contribution in [2.45, 2.75) is 6.92 Å². The van der Waals surface area contributed by atoms with E-state index in [1.807, 2.05) is 0 Å². The molecule has 0 aliphatic carbocycles. The molecule has 3 aromatic rings. The van der Waals surface area contributed by atoms with Crippen LogP contribution in [0, 0.1) is 0 Å². The maximum atomic E-state index is 12.3. The van der Waals surface area contributed by atoms with Gasteiger partial charge in [0.2, 0.25) is 5.91 Å². The van der Waals surface area contributed by atoms with E-state index in [4.69, 9.17) is 0 Å². The fourth-order valence-electron chi connectivity index (χ4n) is 2.10. The normalized spacial score (nSPS) is 10.4. The summed E-state index contributed by atoms with van der Waals surface area (Å²) in [6.45, 7) is 1.42. The Morgan fingerprint density at radius 2 is 1.91 bits per heavy atom. The van der Waals surface area contributed by atoms with Crippen molar-refractivity contribution in [2.24, 2.45) is 0 Å². The van der Waals surface area contributed by atoms with Crippen LogP contribution in [-0.4, -0.2) is 27.0 Å². The largest absolute Gasteiger partial charge is 0.326 e. The third-order valence-corrected chi connectivity index (χ3v) is 3.02. The summed E-state index contributed by atoms with van der Waals surface area (Å²) in [5.41, 5.74) is 2.19. The predicted octanol–water partition coefficient (Wildman–Crippen LogP) is 2.17. The third-order valence-electron chi connectivity index (χ3n) is 3.02. The van der Waals surface area contributed by atoms with Crippen molar-refractivity contribution < 1.29 is 9.59 Å². The summed E-state index contributed by atoms with van der Waals surface area (Å²) < 4.78 is 0. The average Bonchev–Trinajstić information content (AvgIpc) is 2.91. The second-order valence-electron chi connectivity index (χ2n) is 4.71. The Morgan fingerprint density at radius 3 is 2.68 bits per heavy atom. The molecule has 0 fully saturated rings. The Labute approximate surface area is 125 Å². The molecule has 0 aliphatic rings. The third kappa shape index (κ3) is 2.78. The molecule has 0 spiro atoms. The van der Waals surface area contributed by atoms with E-state index in [1.54, 1.807) is 42.7 Å². The first-order valence-electron chi connectivity index (χ1n) is 6.60. The molecule has 22 heavy (non-hydrogen) atoms. The van der Waals surface area contributed by atoms with Crippen LogP contribution in [0.1, 0.15) is 17.4 Å². The lowest BCUT2D eigenvalue weighted by Crippen LogP contribution is -2.13.